The van der Waals surface area contributed by atoms with Gasteiger partial charge in [0, 0.05) is 25.7 Å². The summed E-state index contributed by atoms with van der Waals surface area (Å²) in [5.74, 6) is -1.58. The van der Waals surface area contributed by atoms with Gasteiger partial charge < -0.3 is 15.3 Å². The zero-order chi connectivity index (χ0) is 14.6. The number of nitrogens with zero attached hydrogens (tertiary/aromatic N) is 1. The number of hydrogen-bond donors (Lipinski definition) is 2. The number of nitrogens with one attached hydrogen (secondary N) is 1. The Labute approximate surface area is 113 Å². The van der Waals surface area contributed by atoms with Gasteiger partial charge in [-0.2, -0.15) is 0 Å². The van der Waals surface area contributed by atoms with E-state index in [1.165, 1.54) is 0 Å². The van der Waals surface area contributed by atoms with Crippen LogP contribution in [0.2, 0.25) is 0 Å². The average molecular weight is 264 g/mol. The highest BCUT2D eigenvalue weighted by Gasteiger charge is 2.23. The van der Waals surface area contributed by atoms with Gasteiger partial charge >= 0.3 is 5.97 Å². The number of rotatable bonds is 5. The highest BCUT2D eigenvalue weighted by atomic mass is 16.4. The van der Waals surface area contributed by atoms with Crippen LogP contribution in [0.4, 0.5) is 5.69 Å². The number of amides is 1. The van der Waals surface area contributed by atoms with Crippen molar-refractivity contribution in [3.8, 4) is 0 Å². The Balaban J connectivity index is 2.93. The summed E-state index contributed by atoms with van der Waals surface area (Å²) in [7, 11) is 3.81. The lowest BCUT2D eigenvalue weighted by Crippen LogP contribution is -2.36. The number of hydrogen-bond acceptors (Lipinski definition) is 3. The summed E-state index contributed by atoms with van der Waals surface area (Å²) in [5.41, 5.74) is 1.54. The zero-order valence-corrected chi connectivity index (χ0v) is 11.7. The van der Waals surface area contributed by atoms with Crippen LogP contribution >= 0.6 is 0 Å². The van der Waals surface area contributed by atoms with E-state index in [2.05, 4.69) is 5.32 Å². The van der Waals surface area contributed by atoms with Crippen molar-refractivity contribution in [1.29, 1.82) is 0 Å². The Kier molecular flexibility index (Phi) is 4.92. The fourth-order valence-electron chi connectivity index (χ4n) is 1.56. The highest BCUT2D eigenvalue weighted by molar-refractivity contribution is 5.85. The zero-order valence-electron chi connectivity index (χ0n) is 11.7. The van der Waals surface area contributed by atoms with E-state index < -0.39 is 12.0 Å². The van der Waals surface area contributed by atoms with Crippen LogP contribution in [0.1, 0.15) is 25.5 Å². The largest absolute Gasteiger partial charge is 0.479 e. The quantitative estimate of drug-likeness (QED) is 0.848. The molecule has 0 aromatic heterocycles. The van der Waals surface area contributed by atoms with E-state index in [0.29, 0.717) is 5.56 Å². The number of anilines is 1. The molecule has 5 nitrogen and oxygen atoms in total. The van der Waals surface area contributed by atoms with Gasteiger partial charge in [0.25, 0.3) is 0 Å². The summed E-state index contributed by atoms with van der Waals surface area (Å²) in [4.78, 5) is 24.8. The van der Waals surface area contributed by atoms with E-state index in [0.717, 1.165) is 5.69 Å². The van der Waals surface area contributed by atoms with Crippen molar-refractivity contribution < 1.29 is 14.7 Å². The monoisotopic (exact) mass is 264 g/mol. The van der Waals surface area contributed by atoms with Crippen LogP contribution in [0.15, 0.2) is 24.3 Å². The van der Waals surface area contributed by atoms with E-state index in [1.807, 2.05) is 31.1 Å². The van der Waals surface area contributed by atoms with Gasteiger partial charge in [-0.1, -0.05) is 26.0 Å². The molecule has 1 amide bonds. The Morgan fingerprint density at radius 3 is 2.05 bits per heavy atom. The first kappa shape index (κ1) is 15.0. The Morgan fingerprint density at radius 2 is 1.68 bits per heavy atom. The van der Waals surface area contributed by atoms with E-state index in [9.17, 15) is 14.7 Å². The molecule has 0 aliphatic carbocycles. The highest BCUT2D eigenvalue weighted by Crippen LogP contribution is 2.18. The third-order valence-electron chi connectivity index (χ3n) is 2.80. The fourth-order valence-corrected chi connectivity index (χ4v) is 1.56. The number of aliphatic carboxylic acids is 1. The van der Waals surface area contributed by atoms with Gasteiger partial charge in [0.2, 0.25) is 5.91 Å². The summed E-state index contributed by atoms with van der Waals surface area (Å²) >= 11 is 0. The Morgan fingerprint density at radius 1 is 1.16 bits per heavy atom. The van der Waals surface area contributed by atoms with Crippen molar-refractivity contribution in [3.63, 3.8) is 0 Å². The smallest absolute Gasteiger partial charge is 0.330 e. The maximum absolute atomic E-state index is 11.6. The molecule has 5 heteroatoms. The molecule has 0 spiro atoms. The molecule has 0 aliphatic rings. The van der Waals surface area contributed by atoms with Crippen molar-refractivity contribution in [3.05, 3.63) is 29.8 Å². The third kappa shape index (κ3) is 3.98. The predicted octanol–water partition coefficient (Wildman–Crippen LogP) is 1.65. The van der Waals surface area contributed by atoms with Crippen molar-refractivity contribution in [2.75, 3.05) is 19.0 Å². The molecule has 1 aromatic carbocycles. The number of carboxylic acid groups (broad SMARTS) is 1. The van der Waals surface area contributed by atoms with Gasteiger partial charge in [-0.15, -0.1) is 0 Å². The Hall–Kier alpha value is -2.04. The molecule has 0 saturated carbocycles. The molecule has 0 saturated heterocycles. The van der Waals surface area contributed by atoms with Crippen molar-refractivity contribution in [2.24, 2.45) is 5.92 Å². The van der Waals surface area contributed by atoms with Crippen LogP contribution in [0.25, 0.3) is 0 Å². The minimum Gasteiger partial charge on any atom is -0.479 e. The normalized spacial score (nSPS) is 12.1. The maximum atomic E-state index is 11.6. The third-order valence-corrected chi connectivity index (χ3v) is 2.80. The van der Waals surface area contributed by atoms with Crippen molar-refractivity contribution in [1.82, 2.24) is 5.32 Å². The van der Waals surface area contributed by atoms with E-state index in [4.69, 9.17) is 0 Å². The maximum Gasteiger partial charge on any atom is 0.330 e. The number of benzene rings is 1. The molecule has 2 N–H and O–H groups in total. The minimum absolute atomic E-state index is 0.247. The molecule has 19 heavy (non-hydrogen) atoms. The summed E-state index contributed by atoms with van der Waals surface area (Å²) in [5, 5.41) is 11.7. The number of carboxylic acids is 1. The Bertz CT molecular complexity index is 452. The SMILES string of the molecule is CC(C)C(=O)NC(C(=O)O)c1ccc(N(C)C)cc1. The van der Waals surface area contributed by atoms with Crippen LogP contribution in [0.3, 0.4) is 0 Å². The lowest BCUT2D eigenvalue weighted by atomic mass is 10.1. The van der Waals surface area contributed by atoms with Crippen LogP contribution in [0, 0.1) is 5.92 Å². The van der Waals surface area contributed by atoms with Crippen molar-refractivity contribution >= 4 is 17.6 Å². The van der Waals surface area contributed by atoms with Gasteiger partial charge in [0.05, 0.1) is 0 Å². The van der Waals surface area contributed by atoms with Crippen LogP contribution in [-0.2, 0) is 9.59 Å². The number of carbonyl (C=O) groups excluding carboxylic acids is 1. The molecule has 0 fully saturated rings. The first-order valence-electron chi connectivity index (χ1n) is 6.13. The standard InChI is InChI=1S/C14H20N2O3/c1-9(2)13(17)15-12(14(18)19)10-5-7-11(8-6-10)16(3)4/h5-9,12H,1-4H3,(H,15,17)(H,18,19). The molecule has 1 rings (SSSR count). The lowest BCUT2D eigenvalue weighted by Gasteiger charge is -2.18. The van der Waals surface area contributed by atoms with Crippen molar-refractivity contribution in [2.45, 2.75) is 19.9 Å². The van der Waals surface area contributed by atoms with Crippen LogP contribution in [-0.4, -0.2) is 31.1 Å². The van der Waals surface area contributed by atoms with E-state index in [1.54, 1.807) is 26.0 Å². The molecule has 1 unspecified atom stereocenters. The summed E-state index contributed by atoms with van der Waals surface area (Å²) in [6, 6.07) is 6.08. The topological polar surface area (TPSA) is 69.6 Å². The van der Waals surface area contributed by atoms with E-state index in [-0.39, 0.29) is 11.8 Å². The lowest BCUT2D eigenvalue weighted by molar-refractivity contribution is -0.142. The molecular formula is C14H20N2O3. The van der Waals surface area contributed by atoms with Gasteiger partial charge in [-0.05, 0) is 17.7 Å². The van der Waals surface area contributed by atoms with Crippen LogP contribution in [0.5, 0.6) is 0 Å². The van der Waals surface area contributed by atoms with Gasteiger partial charge in [-0.25, -0.2) is 4.79 Å². The molecule has 104 valence electrons. The second-order valence-electron chi connectivity index (χ2n) is 4.92. The fraction of sp³-hybridized carbons (Fsp3) is 0.429. The molecule has 0 radical (unpaired) electrons. The first-order chi connectivity index (χ1) is 8.82. The van der Waals surface area contributed by atoms with Gasteiger partial charge in [-0.3, -0.25) is 4.79 Å². The first-order valence-corrected chi connectivity index (χ1v) is 6.13. The molecule has 1 atom stereocenters. The molecule has 0 bridgehead atoms. The average Bonchev–Trinajstić information content (AvgIpc) is 2.35. The predicted molar refractivity (Wildman–Crippen MR) is 74.1 cm³/mol. The second kappa shape index (κ2) is 6.22. The summed E-state index contributed by atoms with van der Waals surface area (Å²) in [6.07, 6.45) is 0. The van der Waals surface area contributed by atoms with Gasteiger partial charge in [0.1, 0.15) is 0 Å². The molecular weight excluding hydrogens is 244 g/mol. The molecule has 0 aliphatic heterocycles. The minimum atomic E-state index is -1.06. The molecule has 0 heterocycles. The van der Waals surface area contributed by atoms with Crippen LogP contribution < -0.4 is 10.2 Å². The number of carbonyl (C=O) groups is 2. The summed E-state index contributed by atoms with van der Waals surface area (Å²) < 4.78 is 0. The van der Waals surface area contributed by atoms with Gasteiger partial charge in [0.15, 0.2) is 6.04 Å². The van der Waals surface area contributed by atoms with E-state index >= 15 is 0 Å². The summed E-state index contributed by atoms with van der Waals surface area (Å²) in [6.45, 7) is 3.45. The second-order valence-corrected chi connectivity index (χ2v) is 4.92. The molecule has 1 aromatic rings.